The van der Waals surface area contributed by atoms with Crippen LogP contribution in [0.2, 0.25) is 0 Å². The van der Waals surface area contributed by atoms with E-state index in [2.05, 4.69) is 53.8 Å². The number of hydrogen-bond acceptors (Lipinski definition) is 4. The maximum absolute atomic E-state index is 13.0. The van der Waals surface area contributed by atoms with Gasteiger partial charge in [-0.1, -0.05) is 67.8 Å². The van der Waals surface area contributed by atoms with Gasteiger partial charge in [0.05, 0.1) is 12.8 Å². The molecule has 3 aromatic rings. The fraction of sp³-hybridized carbons (Fsp3) is 0.433. The lowest BCUT2D eigenvalue weighted by molar-refractivity contribution is 0.00988. The van der Waals surface area contributed by atoms with Crippen molar-refractivity contribution in [1.29, 1.82) is 0 Å². The largest absolute Gasteiger partial charge is 0.468 e. The van der Waals surface area contributed by atoms with Crippen LogP contribution in [0.3, 0.4) is 0 Å². The van der Waals surface area contributed by atoms with Crippen molar-refractivity contribution in [2.75, 3.05) is 0 Å². The molecule has 0 atom stereocenters. The van der Waals surface area contributed by atoms with E-state index in [0.29, 0.717) is 6.54 Å². The third-order valence-electron chi connectivity index (χ3n) is 6.45. The molecule has 35 heavy (non-hydrogen) atoms. The molecule has 0 saturated heterocycles. The Hall–Kier alpha value is -3.05. The zero-order valence-corrected chi connectivity index (χ0v) is 21.3. The van der Waals surface area contributed by atoms with Crippen molar-refractivity contribution in [1.82, 2.24) is 10.2 Å². The van der Waals surface area contributed by atoms with Crippen LogP contribution in [0.4, 0.5) is 4.79 Å². The van der Waals surface area contributed by atoms with Gasteiger partial charge in [0.15, 0.2) is 0 Å². The molecule has 2 aromatic carbocycles. The van der Waals surface area contributed by atoms with Crippen molar-refractivity contribution in [2.45, 2.75) is 84.2 Å². The van der Waals surface area contributed by atoms with E-state index in [4.69, 9.17) is 9.15 Å². The van der Waals surface area contributed by atoms with E-state index < -0.39 is 5.60 Å². The molecule has 0 unspecified atom stereocenters. The Kier molecular flexibility index (Phi) is 8.29. The second-order valence-electron chi connectivity index (χ2n) is 10.5. The molecule has 0 bridgehead atoms. The van der Waals surface area contributed by atoms with Crippen molar-refractivity contribution in [3.63, 3.8) is 0 Å². The van der Waals surface area contributed by atoms with Gasteiger partial charge >= 0.3 is 6.09 Å². The molecule has 4 rings (SSSR count). The zero-order chi connectivity index (χ0) is 24.7. The number of amides is 1. The Morgan fingerprint density at radius 2 is 1.54 bits per heavy atom. The van der Waals surface area contributed by atoms with Crippen molar-refractivity contribution in [2.24, 2.45) is 0 Å². The molecule has 1 heterocycles. The Morgan fingerprint density at radius 1 is 0.914 bits per heavy atom. The first-order valence-corrected chi connectivity index (χ1v) is 12.8. The van der Waals surface area contributed by atoms with Crippen LogP contribution in [0.15, 0.2) is 71.3 Å². The molecule has 0 radical (unpaired) electrons. The second kappa shape index (κ2) is 11.6. The summed E-state index contributed by atoms with van der Waals surface area (Å²) < 4.78 is 11.1. The first kappa shape index (κ1) is 25.1. The Bertz CT molecular complexity index is 1040. The van der Waals surface area contributed by atoms with Crippen LogP contribution in [0.5, 0.6) is 0 Å². The molecule has 1 amide bonds. The highest BCUT2D eigenvalue weighted by molar-refractivity contribution is 5.69. The van der Waals surface area contributed by atoms with Crippen LogP contribution in [0.1, 0.15) is 69.8 Å². The van der Waals surface area contributed by atoms with Gasteiger partial charge in [0.2, 0.25) is 0 Å². The summed E-state index contributed by atoms with van der Waals surface area (Å²) in [6.45, 7) is 7.89. The number of carbonyl (C=O) groups is 1. The van der Waals surface area contributed by atoms with Crippen LogP contribution in [-0.4, -0.2) is 22.6 Å². The van der Waals surface area contributed by atoms with Gasteiger partial charge in [0, 0.05) is 19.1 Å². The SMILES string of the molecule is CC(C)(C)OC(=O)N(Cc1ccc(-c2ccc(CNCc3ccco3)cc2)cc1)C1CCCCC1. The standard InChI is InChI=1S/C30H38N2O3/c1-30(2,3)35-29(33)32(27-8-5-4-6-9-27)22-24-13-17-26(18-14-24)25-15-11-23(12-16-25)20-31-21-28-10-7-19-34-28/h7,10-19,27,31H,4-6,8-9,20-22H2,1-3H3. The highest BCUT2D eigenvalue weighted by Gasteiger charge is 2.29. The zero-order valence-electron chi connectivity index (χ0n) is 21.3. The molecule has 186 valence electrons. The minimum Gasteiger partial charge on any atom is -0.468 e. The topological polar surface area (TPSA) is 54.7 Å². The number of ether oxygens (including phenoxy) is 1. The molecule has 1 saturated carbocycles. The Labute approximate surface area is 209 Å². The van der Waals surface area contributed by atoms with Crippen LogP contribution >= 0.6 is 0 Å². The first-order chi connectivity index (χ1) is 16.9. The fourth-order valence-electron chi connectivity index (χ4n) is 4.61. The average molecular weight is 475 g/mol. The van der Waals surface area contributed by atoms with Gasteiger partial charge in [-0.3, -0.25) is 0 Å². The highest BCUT2D eigenvalue weighted by Crippen LogP contribution is 2.27. The molecular formula is C30H38N2O3. The average Bonchev–Trinajstić information content (AvgIpc) is 3.36. The summed E-state index contributed by atoms with van der Waals surface area (Å²) in [4.78, 5) is 15.0. The number of rotatable bonds is 8. The van der Waals surface area contributed by atoms with Crippen LogP contribution in [0.25, 0.3) is 11.1 Å². The quantitative estimate of drug-likeness (QED) is 0.372. The van der Waals surface area contributed by atoms with Gasteiger partial charge in [-0.15, -0.1) is 0 Å². The molecule has 5 heteroatoms. The Morgan fingerprint density at radius 3 is 2.11 bits per heavy atom. The van der Waals surface area contributed by atoms with E-state index >= 15 is 0 Å². The van der Waals surface area contributed by atoms with Crippen LogP contribution in [-0.2, 0) is 24.4 Å². The van der Waals surface area contributed by atoms with Crippen molar-refractivity contribution in [3.8, 4) is 11.1 Å². The monoisotopic (exact) mass is 474 g/mol. The smallest absolute Gasteiger partial charge is 0.410 e. The lowest BCUT2D eigenvalue weighted by Crippen LogP contribution is -2.43. The summed E-state index contributed by atoms with van der Waals surface area (Å²) in [5.74, 6) is 0.940. The van der Waals surface area contributed by atoms with Crippen LogP contribution in [0, 0.1) is 0 Å². The van der Waals surface area contributed by atoms with E-state index in [9.17, 15) is 4.79 Å². The maximum atomic E-state index is 13.0. The number of nitrogens with zero attached hydrogens (tertiary/aromatic N) is 1. The molecule has 1 aliphatic rings. The summed E-state index contributed by atoms with van der Waals surface area (Å²) in [6.07, 6.45) is 7.22. The first-order valence-electron chi connectivity index (χ1n) is 12.8. The molecule has 1 fully saturated rings. The molecule has 0 aliphatic heterocycles. The predicted octanol–water partition coefficient (Wildman–Crippen LogP) is 7.31. The lowest BCUT2D eigenvalue weighted by atomic mass is 9.94. The normalized spacial score (nSPS) is 14.6. The minimum absolute atomic E-state index is 0.204. The molecular weight excluding hydrogens is 436 g/mol. The van der Waals surface area contributed by atoms with Gasteiger partial charge in [-0.05, 0) is 68.0 Å². The van der Waals surface area contributed by atoms with Crippen molar-refractivity contribution < 1.29 is 13.9 Å². The van der Waals surface area contributed by atoms with E-state index in [1.165, 1.54) is 36.0 Å². The summed E-state index contributed by atoms with van der Waals surface area (Å²) in [6, 6.07) is 21.3. The molecule has 1 aliphatic carbocycles. The molecule has 0 spiro atoms. The number of carbonyl (C=O) groups excluding carboxylic acids is 1. The minimum atomic E-state index is -0.492. The van der Waals surface area contributed by atoms with Gasteiger partial charge < -0.3 is 19.4 Å². The van der Waals surface area contributed by atoms with E-state index in [-0.39, 0.29) is 12.1 Å². The van der Waals surface area contributed by atoms with Crippen LogP contribution < -0.4 is 5.32 Å². The lowest BCUT2D eigenvalue weighted by Gasteiger charge is -2.35. The van der Waals surface area contributed by atoms with E-state index in [1.807, 2.05) is 37.8 Å². The summed E-state index contributed by atoms with van der Waals surface area (Å²) >= 11 is 0. The number of hydrogen-bond donors (Lipinski definition) is 1. The molecule has 1 N–H and O–H groups in total. The number of benzene rings is 2. The van der Waals surface area contributed by atoms with Crippen molar-refractivity contribution >= 4 is 6.09 Å². The fourth-order valence-corrected chi connectivity index (χ4v) is 4.61. The molecule has 1 aromatic heterocycles. The number of nitrogens with one attached hydrogen (secondary N) is 1. The third kappa shape index (κ3) is 7.46. The summed E-state index contributed by atoms with van der Waals surface area (Å²) in [7, 11) is 0. The highest BCUT2D eigenvalue weighted by atomic mass is 16.6. The molecule has 5 nitrogen and oxygen atoms in total. The van der Waals surface area contributed by atoms with Gasteiger partial charge in [0.1, 0.15) is 11.4 Å². The van der Waals surface area contributed by atoms with E-state index in [0.717, 1.165) is 37.3 Å². The Balaban J connectivity index is 1.37. The predicted molar refractivity (Wildman–Crippen MR) is 140 cm³/mol. The van der Waals surface area contributed by atoms with E-state index in [1.54, 1.807) is 6.26 Å². The number of furan rings is 1. The summed E-state index contributed by atoms with van der Waals surface area (Å²) in [5, 5.41) is 3.40. The van der Waals surface area contributed by atoms with Gasteiger partial charge in [-0.25, -0.2) is 4.79 Å². The van der Waals surface area contributed by atoms with Gasteiger partial charge in [0.25, 0.3) is 0 Å². The van der Waals surface area contributed by atoms with Crippen molar-refractivity contribution in [3.05, 3.63) is 83.8 Å². The third-order valence-corrected chi connectivity index (χ3v) is 6.45. The summed E-state index contributed by atoms with van der Waals surface area (Å²) in [5.41, 5.74) is 4.23. The maximum Gasteiger partial charge on any atom is 0.410 e. The van der Waals surface area contributed by atoms with Gasteiger partial charge in [-0.2, -0.15) is 0 Å². The second-order valence-corrected chi connectivity index (χ2v) is 10.5.